The zero-order valence-corrected chi connectivity index (χ0v) is 14.0. The molecule has 0 unspecified atom stereocenters. The van der Waals surface area contributed by atoms with Crippen molar-refractivity contribution in [3.63, 3.8) is 0 Å². The second kappa shape index (κ2) is 7.61. The number of hydrogen-bond donors (Lipinski definition) is 2. The maximum absolute atomic E-state index is 14.2. The molecule has 130 valence electrons. The summed E-state index contributed by atoms with van der Waals surface area (Å²) in [5.74, 6) is -1.72. The second-order valence-electron chi connectivity index (χ2n) is 5.72. The van der Waals surface area contributed by atoms with Crippen molar-refractivity contribution < 1.29 is 18.7 Å². The summed E-state index contributed by atoms with van der Waals surface area (Å²) in [6, 6.07) is 0.964. The van der Waals surface area contributed by atoms with Crippen LogP contribution >= 0.6 is 11.6 Å². The van der Waals surface area contributed by atoms with Gasteiger partial charge in [0.15, 0.2) is 0 Å². The number of halogens is 2. The molecule has 0 heterocycles. The van der Waals surface area contributed by atoms with E-state index in [9.17, 15) is 14.0 Å². The summed E-state index contributed by atoms with van der Waals surface area (Å²) in [7, 11) is 0. The van der Waals surface area contributed by atoms with Crippen LogP contribution in [0.3, 0.4) is 0 Å². The maximum Gasteiger partial charge on any atom is 0.326 e. The van der Waals surface area contributed by atoms with Gasteiger partial charge >= 0.3 is 6.03 Å². The smallest absolute Gasteiger partial charge is 0.326 e. The molecule has 8 heteroatoms. The first kappa shape index (κ1) is 18.2. The van der Waals surface area contributed by atoms with Gasteiger partial charge in [-0.1, -0.05) is 18.0 Å². The molecule has 24 heavy (non-hydrogen) atoms. The van der Waals surface area contributed by atoms with Gasteiger partial charge in [-0.3, -0.25) is 10.2 Å². The highest BCUT2D eigenvalue weighted by Gasteiger charge is 2.27. The van der Waals surface area contributed by atoms with Crippen LogP contribution in [0.2, 0.25) is 5.02 Å². The Morgan fingerprint density at radius 1 is 1.33 bits per heavy atom. The minimum Gasteiger partial charge on any atom is -0.489 e. The minimum atomic E-state index is -1.18. The van der Waals surface area contributed by atoms with Gasteiger partial charge in [-0.2, -0.15) is 0 Å². The largest absolute Gasteiger partial charge is 0.489 e. The molecule has 1 aromatic rings. The van der Waals surface area contributed by atoms with Crippen LogP contribution < -0.4 is 15.4 Å². The summed E-state index contributed by atoms with van der Waals surface area (Å²) in [5, 5.41) is 7.41. The van der Waals surface area contributed by atoms with Crippen molar-refractivity contribution in [3.8, 4) is 5.75 Å². The number of nitrogens with zero attached hydrogens (tertiary/aromatic N) is 1. The highest BCUT2D eigenvalue weighted by molar-refractivity contribution is 6.46. The Kier molecular flexibility index (Phi) is 5.77. The molecule has 1 aliphatic rings. The molecule has 1 aliphatic carbocycles. The number of urea groups is 1. The molecule has 1 fully saturated rings. The van der Waals surface area contributed by atoms with Gasteiger partial charge in [-0.25, -0.2) is 14.1 Å². The number of hydrogen-bond acceptors (Lipinski definition) is 4. The normalized spacial score (nSPS) is 15.0. The van der Waals surface area contributed by atoms with Crippen molar-refractivity contribution in [1.29, 1.82) is 5.41 Å². The van der Waals surface area contributed by atoms with Gasteiger partial charge in [0.05, 0.1) is 22.5 Å². The van der Waals surface area contributed by atoms with Crippen molar-refractivity contribution in [2.75, 3.05) is 4.90 Å². The van der Waals surface area contributed by atoms with Crippen molar-refractivity contribution in [3.05, 3.63) is 23.0 Å². The molecule has 0 aromatic heterocycles. The summed E-state index contributed by atoms with van der Waals surface area (Å²) in [6.07, 6.45) is 4.90. The number of primary amides is 1. The summed E-state index contributed by atoms with van der Waals surface area (Å²) in [6.45, 7) is 1.19. The first-order chi connectivity index (χ1) is 11.3. The first-order valence-corrected chi connectivity index (χ1v) is 8.03. The van der Waals surface area contributed by atoms with Gasteiger partial charge < -0.3 is 10.5 Å². The summed E-state index contributed by atoms with van der Waals surface area (Å²) >= 11 is 6.02. The molecule has 0 spiro atoms. The fourth-order valence-corrected chi connectivity index (χ4v) is 2.83. The summed E-state index contributed by atoms with van der Waals surface area (Å²) in [4.78, 5) is 24.0. The van der Waals surface area contributed by atoms with Crippen molar-refractivity contribution in [2.24, 2.45) is 5.73 Å². The van der Waals surface area contributed by atoms with Gasteiger partial charge in [0, 0.05) is 6.07 Å². The molecule has 1 saturated carbocycles. The third-order valence-corrected chi connectivity index (χ3v) is 4.13. The summed E-state index contributed by atoms with van der Waals surface area (Å²) in [5.41, 5.74) is 4.35. The van der Waals surface area contributed by atoms with E-state index in [4.69, 9.17) is 27.5 Å². The number of benzene rings is 1. The number of carbonyl (C=O) groups excluding carboxylic acids is 2. The molecule has 6 nitrogen and oxygen atoms in total. The number of nitrogens with one attached hydrogen (secondary N) is 1. The quantitative estimate of drug-likeness (QED) is 0.807. The van der Waals surface area contributed by atoms with Gasteiger partial charge in [-0.05, 0) is 38.7 Å². The molecule has 1 aromatic carbocycles. The molecule has 0 saturated heterocycles. The van der Waals surface area contributed by atoms with Crippen LogP contribution in [0.1, 0.15) is 39.0 Å². The van der Waals surface area contributed by atoms with Gasteiger partial charge in [0.2, 0.25) is 0 Å². The van der Waals surface area contributed by atoms with E-state index in [0.29, 0.717) is 4.90 Å². The predicted octanol–water partition coefficient (Wildman–Crippen LogP) is 3.64. The van der Waals surface area contributed by atoms with Gasteiger partial charge in [0.25, 0.3) is 5.91 Å². The Balaban J connectivity index is 2.38. The maximum atomic E-state index is 14.2. The summed E-state index contributed by atoms with van der Waals surface area (Å²) < 4.78 is 20.0. The van der Waals surface area contributed by atoms with E-state index in [0.717, 1.165) is 38.2 Å². The molecular formula is C16H19ClFN3O3. The minimum absolute atomic E-state index is 0.0447. The van der Waals surface area contributed by atoms with Crippen LogP contribution in [0.5, 0.6) is 5.75 Å². The first-order valence-electron chi connectivity index (χ1n) is 7.66. The topological polar surface area (TPSA) is 96.5 Å². The Morgan fingerprint density at radius 3 is 2.50 bits per heavy atom. The average molecular weight is 356 g/mol. The van der Waals surface area contributed by atoms with E-state index in [1.807, 2.05) is 0 Å². The Morgan fingerprint density at radius 2 is 1.96 bits per heavy atom. The van der Waals surface area contributed by atoms with Crippen molar-refractivity contribution in [1.82, 2.24) is 0 Å². The van der Waals surface area contributed by atoms with Crippen LogP contribution in [0.15, 0.2) is 12.1 Å². The van der Waals surface area contributed by atoms with Crippen LogP contribution in [-0.2, 0) is 4.79 Å². The number of anilines is 1. The molecule has 0 atom stereocenters. The van der Waals surface area contributed by atoms with E-state index < -0.39 is 23.5 Å². The highest BCUT2D eigenvalue weighted by atomic mass is 35.5. The Labute approximate surface area is 144 Å². The predicted molar refractivity (Wildman–Crippen MR) is 89.4 cm³/mol. The molecular weight excluding hydrogens is 337 g/mol. The SMILES string of the molecule is CC(=N)C(=O)N(C(N)=O)c1cc(OC2CCCCC2)c(Cl)cc1F. The lowest BCUT2D eigenvalue weighted by molar-refractivity contribution is -0.112. The average Bonchev–Trinajstić information content (AvgIpc) is 2.52. The number of ether oxygens (including phenoxy) is 1. The standard InChI is InChI=1S/C16H19ClFN3O3/c1-9(19)15(22)21(16(20)23)13-8-14(11(17)7-12(13)18)24-10-5-3-2-4-6-10/h7-8,10,19H,2-6H2,1H3,(H2,20,23). The Bertz CT molecular complexity index is 675. The van der Waals surface area contributed by atoms with Crippen LogP contribution in [0.25, 0.3) is 0 Å². The fraction of sp³-hybridized carbons (Fsp3) is 0.438. The van der Waals surface area contributed by atoms with E-state index >= 15 is 0 Å². The Hall–Kier alpha value is -2.15. The zero-order valence-electron chi connectivity index (χ0n) is 13.3. The van der Waals surface area contributed by atoms with Crippen LogP contribution in [-0.4, -0.2) is 23.8 Å². The lowest BCUT2D eigenvalue weighted by atomic mass is 9.98. The van der Waals surface area contributed by atoms with Crippen molar-refractivity contribution >= 4 is 34.9 Å². The molecule has 0 bridgehead atoms. The number of imide groups is 1. The van der Waals surface area contributed by atoms with E-state index in [1.165, 1.54) is 13.0 Å². The van der Waals surface area contributed by atoms with Gasteiger partial charge in [0.1, 0.15) is 11.6 Å². The highest BCUT2D eigenvalue weighted by Crippen LogP contribution is 2.35. The number of rotatable bonds is 4. The zero-order chi connectivity index (χ0) is 17.9. The second-order valence-corrected chi connectivity index (χ2v) is 6.12. The van der Waals surface area contributed by atoms with Crippen molar-refractivity contribution in [2.45, 2.75) is 45.1 Å². The number of amides is 3. The molecule has 2 rings (SSSR count). The van der Waals surface area contributed by atoms with E-state index in [-0.39, 0.29) is 22.6 Å². The van der Waals surface area contributed by atoms with Crippen LogP contribution in [0, 0.1) is 11.2 Å². The number of nitrogens with two attached hydrogens (primary N) is 1. The number of carbonyl (C=O) groups is 2. The van der Waals surface area contributed by atoms with Gasteiger partial charge in [-0.15, -0.1) is 0 Å². The molecule has 0 aliphatic heterocycles. The monoisotopic (exact) mass is 355 g/mol. The van der Waals surface area contributed by atoms with Crippen LogP contribution in [0.4, 0.5) is 14.9 Å². The molecule has 3 amide bonds. The molecule has 0 radical (unpaired) electrons. The molecule has 3 N–H and O–H groups in total. The third-order valence-electron chi connectivity index (χ3n) is 3.83. The fourth-order valence-electron chi connectivity index (χ4n) is 2.64. The lowest BCUT2D eigenvalue weighted by Gasteiger charge is -2.25. The van der Waals surface area contributed by atoms with E-state index in [1.54, 1.807) is 0 Å². The van der Waals surface area contributed by atoms with E-state index in [2.05, 4.69) is 0 Å². The lowest BCUT2D eigenvalue weighted by Crippen LogP contribution is -2.44. The third kappa shape index (κ3) is 4.03.